The van der Waals surface area contributed by atoms with Gasteiger partial charge in [-0.3, -0.25) is 9.36 Å². The number of hydrogen-bond acceptors (Lipinski definition) is 3. The molecule has 1 aromatic heterocycles. The number of rotatable bonds is 2. The molecular weight excluding hydrogens is 274 g/mol. The lowest BCUT2D eigenvalue weighted by Gasteiger charge is -2.07. The van der Waals surface area contributed by atoms with Crippen LogP contribution >= 0.6 is 11.6 Å². The van der Waals surface area contributed by atoms with E-state index in [0.717, 1.165) is 5.56 Å². The number of halogens is 1. The number of hydrogen-bond donors (Lipinski definition) is 1. The van der Waals surface area contributed by atoms with Gasteiger partial charge >= 0.3 is 0 Å². The Morgan fingerprint density at radius 1 is 1.15 bits per heavy atom. The highest BCUT2D eigenvalue weighted by molar-refractivity contribution is 6.30. The molecule has 0 aliphatic carbocycles. The summed E-state index contributed by atoms with van der Waals surface area (Å²) in [4.78, 5) is 16.7. The molecule has 4 nitrogen and oxygen atoms in total. The van der Waals surface area contributed by atoms with Gasteiger partial charge in [-0.05, 0) is 35.9 Å². The third-order valence-corrected chi connectivity index (χ3v) is 3.37. The maximum Gasteiger partial charge on any atom is 0.261 e. The van der Waals surface area contributed by atoms with E-state index in [1.54, 1.807) is 41.2 Å². The molecule has 0 spiro atoms. The van der Waals surface area contributed by atoms with Crippen molar-refractivity contribution in [2.24, 2.45) is 0 Å². The first kappa shape index (κ1) is 12.7. The summed E-state index contributed by atoms with van der Waals surface area (Å²) in [5.74, 6) is 0. The number of nitrogens with two attached hydrogens (primary N) is 1. The Bertz CT molecular complexity index is 825. The van der Waals surface area contributed by atoms with Crippen LogP contribution in [0.15, 0.2) is 53.6 Å². The number of benzene rings is 2. The van der Waals surface area contributed by atoms with Crippen molar-refractivity contribution in [3.8, 4) is 0 Å². The second kappa shape index (κ2) is 4.98. The van der Waals surface area contributed by atoms with Crippen LogP contribution in [-0.2, 0) is 6.54 Å². The second-order valence-electron chi connectivity index (χ2n) is 4.58. The molecule has 0 fully saturated rings. The molecule has 0 amide bonds. The van der Waals surface area contributed by atoms with Crippen LogP contribution in [0.5, 0.6) is 0 Å². The summed E-state index contributed by atoms with van der Waals surface area (Å²) >= 11 is 5.85. The molecule has 20 heavy (non-hydrogen) atoms. The van der Waals surface area contributed by atoms with Crippen LogP contribution in [0.2, 0.25) is 5.02 Å². The summed E-state index contributed by atoms with van der Waals surface area (Å²) < 4.78 is 1.56. The van der Waals surface area contributed by atoms with Crippen LogP contribution < -0.4 is 11.3 Å². The molecule has 0 radical (unpaired) electrons. The van der Waals surface area contributed by atoms with Crippen molar-refractivity contribution in [1.29, 1.82) is 0 Å². The number of anilines is 1. The van der Waals surface area contributed by atoms with Crippen LogP contribution in [0.3, 0.4) is 0 Å². The van der Waals surface area contributed by atoms with Crippen molar-refractivity contribution in [2.45, 2.75) is 6.54 Å². The molecule has 5 heteroatoms. The Labute approximate surface area is 120 Å². The van der Waals surface area contributed by atoms with Crippen molar-refractivity contribution >= 4 is 28.2 Å². The van der Waals surface area contributed by atoms with Gasteiger partial charge in [0.2, 0.25) is 0 Å². The van der Waals surface area contributed by atoms with Crippen LogP contribution in [0.25, 0.3) is 10.9 Å². The van der Waals surface area contributed by atoms with E-state index >= 15 is 0 Å². The fourth-order valence-corrected chi connectivity index (χ4v) is 2.20. The van der Waals surface area contributed by atoms with Crippen molar-refractivity contribution in [2.75, 3.05) is 5.73 Å². The average molecular weight is 286 g/mol. The third kappa shape index (κ3) is 2.38. The molecule has 0 saturated carbocycles. The predicted octanol–water partition coefficient (Wildman–Crippen LogP) is 2.68. The van der Waals surface area contributed by atoms with Gasteiger partial charge in [-0.1, -0.05) is 23.7 Å². The molecule has 2 aromatic carbocycles. The van der Waals surface area contributed by atoms with E-state index in [9.17, 15) is 4.79 Å². The fourth-order valence-electron chi connectivity index (χ4n) is 2.08. The first-order chi connectivity index (χ1) is 9.63. The van der Waals surface area contributed by atoms with Crippen LogP contribution in [0.4, 0.5) is 5.69 Å². The van der Waals surface area contributed by atoms with Gasteiger partial charge in [0, 0.05) is 10.7 Å². The molecule has 1 heterocycles. The highest BCUT2D eigenvalue weighted by Gasteiger charge is 2.05. The summed E-state index contributed by atoms with van der Waals surface area (Å²) in [6.07, 6.45) is 1.55. The fraction of sp³-hybridized carbons (Fsp3) is 0.0667. The molecule has 3 aromatic rings. The van der Waals surface area contributed by atoms with Crippen LogP contribution in [0, 0.1) is 0 Å². The number of nitrogens with zero attached hydrogens (tertiary/aromatic N) is 2. The standard InChI is InChI=1S/C15H12ClN3O/c16-11-3-1-10(2-4-11)8-19-9-18-14-6-5-12(17)7-13(14)15(19)20/h1-7,9H,8,17H2. The lowest BCUT2D eigenvalue weighted by Crippen LogP contribution is -2.21. The molecule has 0 aliphatic heterocycles. The number of aromatic nitrogens is 2. The van der Waals surface area contributed by atoms with Gasteiger partial charge in [-0.25, -0.2) is 4.98 Å². The highest BCUT2D eigenvalue weighted by Crippen LogP contribution is 2.13. The van der Waals surface area contributed by atoms with E-state index in [-0.39, 0.29) is 5.56 Å². The Balaban J connectivity index is 2.06. The van der Waals surface area contributed by atoms with Crippen LogP contribution in [0.1, 0.15) is 5.56 Å². The molecule has 0 saturated heterocycles. The Hall–Kier alpha value is -2.33. The van der Waals surface area contributed by atoms with E-state index in [2.05, 4.69) is 4.98 Å². The smallest absolute Gasteiger partial charge is 0.261 e. The first-order valence-electron chi connectivity index (χ1n) is 6.12. The highest BCUT2D eigenvalue weighted by atomic mass is 35.5. The lowest BCUT2D eigenvalue weighted by atomic mass is 10.2. The molecule has 0 bridgehead atoms. The zero-order valence-corrected chi connectivity index (χ0v) is 11.3. The normalized spacial score (nSPS) is 10.8. The van der Waals surface area contributed by atoms with E-state index < -0.39 is 0 Å². The summed E-state index contributed by atoms with van der Waals surface area (Å²) in [5.41, 5.74) is 7.81. The van der Waals surface area contributed by atoms with Gasteiger partial charge in [0.15, 0.2) is 0 Å². The van der Waals surface area contributed by atoms with Gasteiger partial charge in [0.05, 0.1) is 23.8 Å². The largest absolute Gasteiger partial charge is 0.399 e. The number of fused-ring (bicyclic) bond motifs is 1. The zero-order valence-electron chi connectivity index (χ0n) is 10.6. The average Bonchev–Trinajstić information content (AvgIpc) is 2.45. The summed E-state index contributed by atoms with van der Waals surface area (Å²) in [6.45, 7) is 0.452. The third-order valence-electron chi connectivity index (χ3n) is 3.11. The summed E-state index contributed by atoms with van der Waals surface area (Å²) in [5, 5.41) is 1.20. The molecule has 0 aliphatic rings. The molecule has 2 N–H and O–H groups in total. The van der Waals surface area contributed by atoms with Crippen molar-refractivity contribution in [1.82, 2.24) is 9.55 Å². The van der Waals surface area contributed by atoms with E-state index in [1.807, 2.05) is 12.1 Å². The monoisotopic (exact) mass is 285 g/mol. The van der Waals surface area contributed by atoms with Gasteiger partial charge in [0.25, 0.3) is 5.56 Å². The summed E-state index contributed by atoms with van der Waals surface area (Å²) in [6, 6.07) is 12.5. The van der Waals surface area contributed by atoms with Crippen molar-refractivity contribution < 1.29 is 0 Å². The zero-order chi connectivity index (χ0) is 14.1. The second-order valence-corrected chi connectivity index (χ2v) is 5.02. The molecular formula is C15H12ClN3O. The topological polar surface area (TPSA) is 60.9 Å². The first-order valence-corrected chi connectivity index (χ1v) is 6.50. The molecule has 0 unspecified atom stereocenters. The lowest BCUT2D eigenvalue weighted by molar-refractivity contribution is 0.748. The Kier molecular flexibility index (Phi) is 3.16. The van der Waals surface area contributed by atoms with Gasteiger partial charge in [-0.15, -0.1) is 0 Å². The molecule has 100 valence electrons. The van der Waals surface area contributed by atoms with Gasteiger partial charge in [-0.2, -0.15) is 0 Å². The van der Waals surface area contributed by atoms with Gasteiger partial charge in [0.1, 0.15) is 0 Å². The SMILES string of the molecule is Nc1ccc2ncn(Cc3ccc(Cl)cc3)c(=O)c2c1. The number of nitrogen functional groups attached to an aromatic ring is 1. The quantitative estimate of drug-likeness (QED) is 0.737. The van der Waals surface area contributed by atoms with Crippen molar-refractivity contribution in [3.63, 3.8) is 0 Å². The maximum absolute atomic E-state index is 12.4. The van der Waals surface area contributed by atoms with Gasteiger partial charge < -0.3 is 5.73 Å². The Morgan fingerprint density at radius 2 is 1.90 bits per heavy atom. The van der Waals surface area contributed by atoms with E-state index in [0.29, 0.717) is 28.2 Å². The predicted molar refractivity (Wildman–Crippen MR) is 81.0 cm³/mol. The van der Waals surface area contributed by atoms with Crippen molar-refractivity contribution in [3.05, 3.63) is 69.7 Å². The van der Waals surface area contributed by atoms with Crippen LogP contribution in [-0.4, -0.2) is 9.55 Å². The molecule has 3 rings (SSSR count). The van der Waals surface area contributed by atoms with E-state index in [1.165, 1.54) is 0 Å². The minimum atomic E-state index is -0.0998. The Morgan fingerprint density at radius 3 is 2.65 bits per heavy atom. The van der Waals surface area contributed by atoms with E-state index in [4.69, 9.17) is 17.3 Å². The minimum Gasteiger partial charge on any atom is -0.399 e. The maximum atomic E-state index is 12.4. The minimum absolute atomic E-state index is 0.0998. The molecule has 0 atom stereocenters. The summed E-state index contributed by atoms with van der Waals surface area (Å²) in [7, 11) is 0.